The van der Waals surface area contributed by atoms with Crippen molar-refractivity contribution in [2.24, 2.45) is 11.8 Å². The highest BCUT2D eigenvalue weighted by Crippen LogP contribution is 2.30. The van der Waals surface area contributed by atoms with Crippen LogP contribution in [0.5, 0.6) is 0 Å². The van der Waals surface area contributed by atoms with Gasteiger partial charge in [0, 0.05) is 12.2 Å². The van der Waals surface area contributed by atoms with E-state index in [-0.39, 0.29) is 0 Å². The third-order valence-corrected chi connectivity index (χ3v) is 5.88. The van der Waals surface area contributed by atoms with Crippen LogP contribution in [-0.2, 0) is 10.0 Å². The molecule has 0 atom stereocenters. The van der Waals surface area contributed by atoms with E-state index in [2.05, 4.69) is 17.0 Å². The van der Waals surface area contributed by atoms with Crippen molar-refractivity contribution in [3.8, 4) is 0 Å². The molecule has 21 heavy (non-hydrogen) atoms. The van der Waals surface area contributed by atoms with Crippen molar-refractivity contribution in [1.82, 2.24) is 4.72 Å². The summed E-state index contributed by atoms with van der Waals surface area (Å²) in [6.45, 7) is 3.30. The van der Waals surface area contributed by atoms with Gasteiger partial charge in [-0.05, 0) is 49.6 Å². The molecule has 0 aromatic heterocycles. The Kier molecular flexibility index (Phi) is 5.65. The maximum Gasteiger partial charge on any atom is 0.240 e. The van der Waals surface area contributed by atoms with Crippen LogP contribution in [0.4, 0.5) is 5.69 Å². The largest absolute Gasteiger partial charge is 0.385 e. The van der Waals surface area contributed by atoms with Gasteiger partial charge in [-0.15, -0.1) is 0 Å². The first kappa shape index (κ1) is 16.3. The Morgan fingerprint density at radius 1 is 1.10 bits per heavy atom. The van der Waals surface area contributed by atoms with Gasteiger partial charge in [-0.25, -0.2) is 13.1 Å². The first-order valence-corrected chi connectivity index (χ1v) is 9.27. The lowest BCUT2D eigenvalue weighted by atomic mass is 9.81. The highest BCUT2D eigenvalue weighted by atomic mass is 32.2. The second kappa shape index (κ2) is 7.27. The van der Waals surface area contributed by atoms with Crippen molar-refractivity contribution < 1.29 is 8.42 Å². The summed E-state index contributed by atoms with van der Waals surface area (Å²) in [7, 11) is -1.91. The average Bonchev–Trinajstić information content (AvgIpc) is 2.50. The molecule has 5 heteroatoms. The second-order valence-electron chi connectivity index (χ2n) is 6.07. The highest BCUT2D eigenvalue weighted by molar-refractivity contribution is 7.89. The van der Waals surface area contributed by atoms with Crippen molar-refractivity contribution in [3.05, 3.63) is 24.3 Å². The first-order valence-electron chi connectivity index (χ1n) is 7.79. The average molecular weight is 310 g/mol. The Morgan fingerprint density at radius 2 is 1.71 bits per heavy atom. The number of hydrogen-bond acceptors (Lipinski definition) is 3. The van der Waals surface area contributed by atoms with E-state index in [0.717, 1.165) is 24.1 Å². The van der Waals surface area contributed by atoms with E-state index in [1.807, 2.05) is 12.1 Å². The molecule has 1 fully saturated rings. The van der Waals surface area contributed by atoms with Crippen LogP contribution in [-0.4, -0.2) is 22.0 Å². The lowest BCUT2D eigenvalue weighted by Crippen LogP contribution is -2.18. The Labute approximate surface area is 128 Å². The molecule has 118 valence electrons. The Morgan fingerprint density at radius 3 is 2.29 bits per heavy atom. The molecule has 1 aliphatic carbocycles. The van der Waals surface area contributed by atoms with Gasteiger partial charge in [-0.2, -0.15) is 0 Å². The molecule has 2 N–H and O–H groups in total. The molecule has 0 amide bonds. The molecule has 0 bridgehead atoms. The van der Waals surface area contributed by atoms with E-state index >= 15 is 0 Å². The monoisotopic (exact) mass is 310 g/mol. The van der Waals surface area contributed by atoms with Crippen molar-refractivity contribution in [2.45, 2.75) is 43.9 Å². The standard InChI is InChI=1S/C16H26N2O2S/c1-13-3-5-14(6-4-13)11-12-18-15-7-9-16(10-8-15)21(19,20)17-2/h7-10,13-14,17-18H,3-6,11-12H2,1-2H3. The van der Waals surface area contributed by atoms with Gasteiger partial charge in [-0.1, -0.05) is 32.6 Å². The van der Waals surface area contributed by atoms with E-state index in [1.165, 1.54) is 39.2 Å². The normalized spacial score (nSPS) is 23.0. The summed E-state index contributed by atoms with van der Waals surface area (Å²) in [4.78, 5) is 0.303. The minimum absolute atomic E-state index is 0.303. The summed E-state index contributed by atoms with van der Waals surface area (Å²) < 4.78 is 25.6. The lowest BCUT2D eigenvalue weighted by Gasteiger charge is -2.26. The molecule has 1 aliphatic rings. The first-order chi connectivity index (χ1) is 10.0. The molecule has 1 aromatic rings. The molecule has 0 saturated heterocycles. The molecule has 2 rings (SSSR count). The minimum atomic E-state index is -3.34. The molecule has 0 unspecified atom stereocenters. The van der Waals surface area contributed by atoms with Gasteiger partial charge in [0.05, 0.1) is 4.90 Å². The number of nitrogens with one attached hydrogen (secondary N) is 2. The smallest absolute Gasteiger partial charge is 0.240 e. The summed E-state index contributed by atoms with van der Waals surface area (Å²) >= 11 is 0. The Hall–Kier alpha value is -1.07. The predicted molar refractivity (Wildman–Crippen MR) is 86.9 cm³/mol. The van der Waals surface area contributed by atoms with E-state index in [4.69, 9.17) is 0 Å². The molecular formula is C16H26N2O2S. The van der Waals surface area contributed by atoms with E-state index in [1.54, 1.807) is 12.1 Å². The molecule has 4 nitrogen and oxygen atoms in total. The van der Waals surface area contributed by atoms with Crippen LogP contribution in [0.2, 0.25) is 0 Å². The number of sulfonamides is 1. The summed E-state index contributed by atoms with van der Waals surface area (Å²) in [5.74, 6) is 1.74. The summed E-state index contributed by atoms with van der Waals surface area (Å²) in [5, 5.41) is 3.38. The van der Waals surface area contributed by atoms with E-state index in [0.29, 0.717) is 4.90 Å². The van der Waals surface area contributed by atoms with Crippen molar-refractivity contribution in [1.29, 1.82) is 0 Å². The molecule has 0 heterocycles. The topological polar surface area (TPSA) is 58.2 Å². The quantitative estimate of drug-likeness (QED) is 0.848. The van der Waals surface area contributed by atoms with Crippen molar-refractivity contribution >= 4 is 15.7 Å². The zero-order chi connectivity index (χ0) is 15.3. The van der Waals surface area contributed by atoms with Crippen LogP contribution in [0.15, 0.2) is 29.2 Å². The third-order valence-electron chi connectivity index (χ3n) is 4.45. The Bertz CT molecular complexity index is 532. The molecule has 0 spiro atoms. The van der Waals surface area contributed by atoms with Gasteiger partial charge in [0.15, 0.2) is 0 Å². The summed E-state index contributed by atoms with van der Waals surface area (Å²) in [5.41, 5.74) is 0.981. The maximum atomic E-state index is 11.6. The minimum Gasteiger partial charge on any atom is -0.385 e. The van der Waals surface area contributed by atoms with Gasteiger partial charge < -0.3 is 5.32 Å². The van der Waals surface area contributed by atoms with Crippen LogP contribution in [0, 0.1) is 11.8 Å². The summed E-state index contributed by atoms with van der Waals surface area (Å²) in [6, 6.07) is 6.92. The number of rotatable bonds is 6. The van der Waals surface area contributed by atoms with E-state index in [9.17, 15) is 8.42 Å². The lowest BCUT2D eigenvalue weighted by molar-refractivity contribution is 0.282. The molecular weight excluding hydrogens is 284 g/mol. The fraction of sp³-hybridized carbons (Fsp3) is 0.625. The van der Waals surface area contributed by atoms with Gasteiger partial charge in [0.1, 0.15) is 0 Å². The van der Waals surface area contributed by atoms with E-state index < -0.39 is 10.0 Å². The van der Waals surface area contributed by atoms with Gasteiger partial charge in [0.25, 0.3) is 0 Å². The zero-order valence-corrected chi connectivity index (χ0v) is 13.7. The van der Waals surface area contributed by atoms with Crippen LogP contribution in [0.25, 0.3) is 0 Å². The Balaban J connectivity index is 1.79. The third kappa shape index (κ3) is 4.71. The second-order valence-corrected chi connectivity index (χ2v) is 7.96. The number of benzene rings is 1. The van der Waals surface area contributed by atoms with Crippen LogP contribution < -0.4 is 10.0 Å². The van der Waals surface area contributed by atoms with Crippen LogP contribution >= 0.6 is 0 Å². The SMILES string of the molecule is CNS(=O)(=O)c1ccc(NCCC2CCC(C)CC2)cc1. The van der Waals surface area contributed by atoms with Crippen LogP contribution in [0.3, 0.4) is 0 Å². The number of hydrogen-bond donors (Lipinski definition) is 2. The zero-order valence-electron chi connectivity index (χ0n) is 12.9. The predicted octanol–water partition coefficient (Wildman–Crippen LogP) is 3.22. The molecule has 1 saturated carbocycles. The van der Waals surface area contributed by atoms with Crippen molar-refractivity contribution in [2.75, 3.05) is 18.9 Å². The van der Waals surface area contributed by atoms with Gasteiger partial charge in [-0.3, -0.25) is 0 Å². The van der Waals surface area contributed by atoms with Gasteiger partial charge in [0.2, 0.25) is 10.0 Å². The summed E-state index contributed by atoms with van der Waals surface area (Å²) in [6.07, 6.45) is 6.62. The fourth-order valence-corrected chi connectivity index (χ4v) is 3.64. The van der Waals surface area contributed by atoms with Crippen LogP contribution in [0.1, 0.15) is 39.0 Å². The molecule has 1 aromatic carbocycles. The number of anilines is 1. The highest BCUT2D eigenvalue weighted by Gasteiger charge is 2.17. The molecule has 0 aliphatic heterocycles. The maximum absolute atomic E-state index is 11.6. The van der Waals surface area contributed by atoms with Gasteiger partial charge >= 0.3 is 0 Å². The van der Waals surface area contributed by atoms with Crippen molar-refractivity contribution in [3.63, 3.8) is 0 Å². The fourth-order valence-electron chi connectivity index (χ4n) is 2.91. The molecule has 0 radical (unpaired) electrons.